The molecule has 148 valence electrons. The molecule has 0 radical (unpaired) electrons. The fourth-order valence-electron chi connectivity index (χ4n) is 3.59. The number of benzene rings is 2. The number of rotatable bonds is 9. The number of unbranched alkanes of at least 4 members (excludes halogenated alkanes) is 2. The van der Waals surface area contributed by atoms with E-state index in [0.29, 0.717) is 4.90 Å². The zero-order valence-electron chi connectivity index (χ0n) is 16.8. The van der Waals surface area contributed by atoms with E-state index in [1.807, 2.05) is 30.5 Å². The monoisotopic (exact) mass is 395 g/mol. The topological polar surface area (TPSA) is 39.1 Å². The molecule has 0 aliphatic heterocycles. The highest BCUT2D eigenvalue weighted by atomic mass is 32.2. The maximum Gasteiger partial charge on any atom is 0.267 e. The van der Waals surface area contributed by atoms with Crippen molar-refractivity contribution in [3.8, 4) is 11.1 Å². The third-order valence-electron chi connectivity index (χ3n) is 5.12. The van der Waals surface area contributed by atoms with Gasteiger partial charge in [0.25, 0.3) is 10.0 Å². The van der Waals surface area contributed by atoms with Gasteiger partial charge in [0.1, 0.15) is 0 Å². The second kappa shape index (κ2) is 9.24. The highest BCUT2D eigenvalue weighted by Gasteiger charge is 2.25. The molecule has 0 atom stereocenters. The summed E-state index contributed by atoms with van der Waals surface area (Å²) in [4.78, 5) is 0.337. The Morgan fingerprint density at radius 3 is 1.96 bits per heavy atom. The van der Waals surface area contributed by atoms with Crippen LogP contribution in [-0.2, 0) is 22.9 Å². The molecule has 3 nitrogen and oxygen atoms in total. The van der Waals surface area contributed by atoms with Crippen LogP contribution >= 0.6 is 0 Å². The maximum atomic E-state index is 13.5. The first kappa shape index (κ1) is 20.4. The standard InChI is InChI=1S/C24H29NO2S/c1-3-5-17-22-23(20-13-9-7-10-14-20)19-25(24(22)18-6-4-2)28(26,27)21-15-11-8-12-16-21/h7-16,19H,3-6,17-18H2,1-2H3. The summed E-state index contributed by atoms with van der Waals surface area (Å²) >= 11 is 0. The quantitative estimate of drug-likeness (QED) is 0.440. The van der Waals surface area contributed by atoms with Crippen molar-refractivity contribution in [3.05, 3.63) is 78.1 Å². The molecule has 0 aliphatic carbocycles. The van der Waals surface area contributed by atoms with Crippen molar-refractivity contribution in [2.24, 2.45) is 0 Å². The van der Waals surface area contributed by atoms with Crippen molar-refractivity contribution in [2.75, 3.05) is 0 Å². The van der Waals surface area contributed by atoms with Gasteiger partial charge in [-0.3, -0.25) is 0 Å². The minimum absolute atomic E-state index is 0.337. The normalized spacial score (nSPS) is 11.6. The average molecular weight is 396 g/mol. The van der Waals surface area contributed by atoms with Crippen molar-refractivity contribution in [1.29, 1.82) is 0 Å². The minimum atomic E-state index is -3.62. The molecule has 0 aliphatic rings. The van der Waals surface area contributed by atoms with Gasteiger partial charge in [0.15, 0.2) is 0 Å². The van der Waals surface area contributed by atoms with Gasteiger partial charge in [-0.1, -0.05) is 75.2 Å². The van der Waals surface area contributed by atoms with Crippen LogP contribution in [0.4, 0.5) is 0 Å². The molecular formula is C24H29NO2S. The Labute approximate surface area is 169 Å². The fourth-order valence-corrected chi connectivity index (χ4v) is 5.05. The van der Waals surface area contributed by atoms with E-state index in [1.165, 1.54) is 5.56 Å². The van der Waals surface area contributed by atoms with E-state index >= 15 is 0 Å². The number of nitrogens with zero attached hydrogens (tertiary/aromatic N) is 1. The van der Waals surface area contributed by atoms with Gasteiger partial charge in [-0.2, -0.15) is 0 Å². The largest absolute Gasteiger partial charge is 0.267 e. The van der Waals surface area contributed by atoms with Crippen LogP contribution in [0, 0.1) is 0 Å². The molecule has 0 saturated heterocycles. The SMILES string of the molecule is CCCCc1c(-c2ccccc2)cn(S(=O)(=O)c2ccccc2)c1CCCC. The second-order valence-electron chi connectivity index (χ2n) is 7.16. The van der Waals surface area contributed by atoms with Crippen LogP contribution in [0.25, 0.3) is 11.1 Å². The van der Waals surface area contributed by atoms with E-state index in [2.05, 4.69) is 26.0 Å². The highest BCUT2D eigenvalue weighted by Crippen LogP contribution is 2.33. The van der Waals surface area contributed by atoms with Gasteiger partial charge < -0.3 is 0 Å². The zero-order chi connectivity index (χ0) is 20.0. The molecule has 0 amide bonds. The average Bonchev–Trinajstić information content (AvgIpc) is 3.11. The van der Waals surface area contributed by atoms with Gasteiger partial charge >= 0.3 is 0 Å². The Kier molecular flexibility index (Phi) is 6.74. The van der Waals surface area contributed by atoms with Crippen molar-refractivity contribution in [2.45, 2.75) is 57.3 Å². The van der Waals surface area contributed by atoms with E-state index in [9.17, 15) is 8.42 Å². The van der Waals surface area contributed by atoms with Crippen LogP contribution in [0.1, 0.15) is 50.8 Å². The summed E-state index contributed by atoms with van der Waals surface area (Å²) in [5.74, 6) is 0. The van der Waals surface area contributed by atoms with Crippen LogP contribution in [0.5, 0.6) is 0 Å². The van der Waals surface area contributed by atoms with Crippen LogP contribution < -0.4 is 0 Å². The Morgan fingerprint density at radius 1 is 0.786 bits per heavy atom. The van der Waals surface area contributed by atoms with Gasteiger partial charge in [-0.25, -0.2) is 12.4 Å². The van der Waals surface area contributed by atoms with Gasteiger partial charge in [0.05, 0.1) is 4.90 Å². The van der Waals surface area contributed by atoms with Crippen molar-refractivity contribution >= 4 is 10.0 Å². The lowest BCUT2D eigenvalue weighted by Gasteiger charge is -2.12. The summed E-state index contributed by atoms with van der Waals surface area (Å²) in [5, 5.41) is 0. The molecule has 28 heavy (non-hydrogen) atoms. The first-order chi connectivity index (χ1) is 13.6. The molecule has 1 aromatic heterocycles. The molecule has 0 saturated carbocycles. The molecule has 2 aromatic carbocycles. The van der Waals surface area contributed by atoms with E-state index in [-0.39, 0.29) is 0 Å². The lowest BCUT2D eigenvalue weighted by molar-refractivity contribution is 0.583. The minimum Gasteiger partial charge on any atom is -0.245 e. The maximum absolute atomic E-state index is 13.5. The summed E-state index contributed by atoms with van der Waals surface area (Å²) < 4.78 is 28.4. The highest BCUT2D eigenvalue weighted by molar-refractivity contribution is 7.90. The Morgan fingerprint density at radius 2 is 1.36 bits per heavy atom. The Hall–Kier alpha value is -2.33. The number of hydrogen-bond donors (Lipinski definition) is 0. The van der Waals surface area contributed by atoms with E-state index in [4.69, 9.17) is 0 Å². The third-order valence-corrected chi connectivity index (χ3v) is 6.83. The lowest BCUT2D eigenvalue weighted by Crippen LogP contribution is -2.15. The Bertz CT molecular complexity index is 990. The fraction of sp³-hybridized carbons (Fsp3) is 0.333. The van der Waals surface area contributed by atoms with E-state index in [0.717, 1.165) is 55.3 Å². The van der Waals surface area contributed by atoms with Crippen LogP contribution in [0.3, 0.4) is 0 Å². The summed E-state index contributed by atoms with van der Waals surface area (Å²) in [6, 6.07) is 18.9. The Balaban J connectivity index is 2.22. The predicted molar refractivity (Wildman–Crippen MR) is 116 cm³/mol. The summed E-state index contributed by atoms with van der Waals surface area (Å²) in [6.45, 7) is 4.31. The predicted octanol–water partition coefficient (Wildman–Crippen LogP) is 6.08. The van der Waals surface area contributed by atoms with Crippen molar-refractivity contribution in [3.63, 3.8) is 0 Å². The van der Waals surface area contributed by atoms with Crippen LogP contribution in [0.2, 0.25) is 0 Å². The summed E-state index contributed by atoms with van der Waals surface area (Å²) in [7, 11) is -3.62. The van der Waals surface area contributed by atoms with Gasteiger partial charge in [-0.15, -0.1) is 0 Å². The number of hydrogen-bond acceptors (Lipinski definition) is 2. The molecule has 0 N–H and O–H groups in total. The van der Waals surface area contributed by atoms with Gasteiger partial charge in [0, 0.05) is 17.5 Å². The molecule has 4 heteroatoms. The summed E-state index contributed by atoms with van der Waals surface area (Å²) in [6.07, 6.45) is 7.65. The molecule has 0 unspecified atom stereocenters. The van der Waals surface area contributed by atoms with E-state index < -0.39 is 10.0 Å². The van der Waals surface area contributed by atoms with Crippen molar-refractivity contribution < 1.29 is 8.42 Å². The van der Waals surface area contributed by atoms with Gasteiger partial charge in [-0.05, 0) is 48.9 Å². The first-order valence-electron chi connectivity index (χ1n) is 10.2. The van der Waals surface area contributed by atoms with Gasteiger partial charge in [0.2, 0.25) is 0 Å². The molecule has 1 heterocycles. The number of aromatic nitrogens is 1. The molecule has 0 spiro atoms. The molecule has 0 bridgehead atoms. The third kappa shape index (κ3) is 4.22. The summed E-state index contributed by atoms with van der Waals surface area (Å²) in [5.41, 5.74) is 4.24. The molecule has 3 rings (SSSR count). The zero-order valence-corrected chi connectivity index (χ0v) is 17.6. The van der Waals surface area contributed by atoms with Crippen LogP contribution in [0.15, 0.2) is 71.8 Å². The van der Waals surface area contributed by atoms with E-state index in [1.54, 1.807) is 28.2 Å². The first-order valence-corrected chi connectivity index (χ1v) is 11.6. The lowest BCUT2D eigenvalue weighted by atomic mass is 9.97. The van der Waals surface area contributed by atoms with Crippen LogP contribution in [-0.4, -0.2) is 12.4 Å². The molecule has 0 fully saturated rings. The smallest absolute Gasteiger partial charge is 0.245 e. The van der Waals surface area contributed by atoms with Crippen molar-refractivity contribution in [1.82, 2.24) is 3.97 Å². The molecular weight excluding hydrogens is 366 g/mol. The molecule has 3 aromatic rings. The second-order valence-corrected chi connectivity index (χ2v) is 8.97.